The maximum Gasteiger partial charge on any atom is 0.251 e. The van der Waals surface area contributed by atoms with Crippen molar-refractivity contribution in [1.82, 2.24) is 10.3 Å². The maximum absolute atomic E-state index is 12.6. The van der Waals surface area contributed by atoms with Gasteiger partial charge in [0.25, 0.3) is 5.91 Å². The van der Waals surface area contributed by atoms with Gasteiger partial charge in [-0.05, 0) is 42.3 Å². The molecule has 1 aromatic heterocycles. The van der Waals surface area contributed by atoms with Crippen LogP contribution in [0.25, 0.3) is 11.1 Å². The van der Waals surface area contributed by atoms with Gasteiger partial charge in [0.1, 0.15) is 5.82 Å². The van der Waals surface area contributed by atoms with Crippen LogP contribution in [0, 0.1) is 6.92 Å². The number of carbonyl (C=O) groups is 1. The molecule has 5 nitrogen and oxygen atoms in total. The highest BCUT2D eigenvalue weighted by Gasteiger charge is 2.13. The Balaban J connectivity index is 1.44. The van der Waals surface area contributed by atoms with E-state index in [4.69, 9.17) is 4.74 Å². The molecule has 1 N–H and O–H groups in total. The summed E-state index contributed by atoms with van der Waals surface area (Å²) in [6, 6.07) is 19.9. The molecule has 0 bridgehead atoms. The van der Waals surface area contributed by atoms with E-state index in [1.54, 1.807) is 0 Å². The van der Waals surface area contributed by atoms with E-state index in [0.717, 1.165) is 48.8 Å². The molecule has 2 heterocycles. The summed E-state index contributed by atoms with van der Waals surface area (Å²) in [6.45, 7) is 5.77. The SMILES string of the molecule is Cc1cccc(CNC(=O)c2cccc(-c3ccc(N4CCOCC4)nc3)c2)c1. The third-order valence-corrected chi connectivity index (χ3v) is 5.08. The first-order valence-corrected chi connectivity index (χ1v) is 9.92. The molecule has 0 aliphatic carbocycles. The maximum atomic E-state index is 12.6. The number of hydrogen-bond donors (Lipinski definition) is 1. The van der Waals surface area contributed by atoms with Gasteiger partial charge in [0.2, 0.25) is 0 Å². The largest absolute Gasteiger partial charge is 0.378 e. The first-order valence-electron chi connectivity index (χ1n) is 9.92. The van der Waals surface area contributed by atoms with Crippen molar-refractivity contribution in [3.8, 4) is 11.1 Å². The molecule has 2 aromatic carbocycles. The summed E-state index contributed by atoms with van der Waals surface area (Å²) < 4.78 is 5.40. The number of amides is 1. The minimum atomic E-state index is -0.0775. The number of carbonyl (C=O) groups excluding carboxylic acids is 1. The fraction of sp³-hybridized carbons (Fsp3) is 0.250. The molecular weight excluding hydrogens is 362 g/mol. The predicted molar refractivity (Wildman–Crippen MR) is 115 cm³/mol. The molecule has 1 fully saturated rings. The van der Waals surface area contributed by atoms with Gasteiger partial charge in [0, 0.05) is 37.0 Å². The van der Waals surface area contributed by atoms with Crippen molar-refractivity contribution in [3.05, 3.63) is 83.6 Å². The molecule has 1 saturated heterocycles. The van der Waals surface area contributed by atoms with Crippen LogP contribution >= 0.6 is 0 Å². The number of nitrogens with one attached hydrogen (secondary N) is 1. The lowest BCUT2D eigenvalue weighted by atomic mass is 10.0. The summed E-state index contributed by atoms with van der Waals surface area (Å²) in [5.74, 6) is 0.885. The molecular formula is C24H25N3O2. The topological polar surface area (TPSA) is 54.5 Å². The monoisotopic (exact) mass is 387 g/mol. The molecule has 3 aromatic rings. The van der Waals surface area contributed by atoms with Crippen LogP contribution in [0.3, 0.4) is 0 Å². The molecule has 0 saturated carbocycles. The third-order valence-electron chi connectivity index (χ3n) is 5.08. The summed E-state index contributed by atoms with van der Waals surface area (Å²) in [4.78, 5) is 19.4. The molecule has 5 heteroatoms. The zero-order valence-corrected chi connectivity index (χ0v) is 16.6. The van der Waals surface area contributed by atoms with Crippen LogP contribution in [-0.2, 0) is 11.3 Å². The number of nitrogens with zero attached hydrogens (tertiary/aromatic N) is 2. The average Bonchev–Trinajstić information content (AvgIpc) is 2.78. The second-order valence-electron chi connectivity index (χ2n) is 7.26. The molecule has 0 spiro atoms. The summed E-state index contributed by atoms with van der Waals surface area (Å²) in [6.07, 6.45) is 1.87. The van der Waals surface area contributed by atoms with Crippen LogP contribution in [0.5, 0.6) is 0 Å². The molecule has 1 aliphatic heterocycles. The molecule has 0 radical (unpaired) electrons. The van der Waals surface area contributed by atoms with Crippen molar-refractivity contribution in [2.24, 2.45) is 0 Å². The number of ether oxygens (including phenoxy) is 1. The Morgan fingerprint density at radius 3 is 2.62 bits per heavy atom. The van der Waals surface area contributed by atoms with E-state index < -0.39 is 0 Å². The van der Waals surface area contributed by atoms with Crippen molar-refractivity contribution >= 4 is 11.7 Å². The highest BCUT2D eigenvalue weighted by Crippen LogP contribution is 2.22. The third kappa shape index (κ3) is 4.81. The number of hydrogen-bond acceptors (Lipinski definition) is 4. The standard InChI is InChI=1S/C24H25N3O2/c1-18-4-2-5-19(14-18)16-26-24(28)21-7-3-6-20(15-21)22-8-9-23(25-17-22)27-10-12-29-13-11-27/h2-9,14-15,17H,10-13,16H2,1H3,(H,26,28). The molecule has 0 atom stereocenters. The molecule has 1 amide bonds. The van der Waals surface area contributed by atoms with Gasteiger partial charge in [-0.1, -0.05) is 42.0 Å². The highest BCUT2D eigenvalue weighted by atomic mass is 16.5. The van der Waals surface area contributed by atoms with Crippen LogP contribution in [0.2, 0.25) is 0 Å². The summed E-state index contributed by atoms with van der Waals surface area (Å²) >= 11 is 0. The van der Waals surface area contributed by atoms with Crippen LogP contribution < -0.4 is 10.2 Å². The second-order valence-corrected chi connectivity index (χ2v) is 7.26. The lowest BCUT2D eigenvalue weighted by Gasteiger charge is -2.27. The number of aromatic nitrogens is 1. The Hall–Kier alpha value is -3.18. The van der Waals surface area contributed by atoms with Crippen LogP contribution in [0.4, 0.5) is 5.82 Å². The summed E-state index contributed by atoms with van der Waals surface area (Å²) in [7, 11) is 0. The van der Waals surface area contributed by atoms with Crippen LogP contribution in [0.1, 0.15) is 21.5 Å². The summed E-state index contributed by atoms with van der Waals surface area (Å²) in [5, 5.41) is 3.00. The van der Waals surface area contributed by atoms with Gasteiger partial charge >= 0.3 is 0 Å². The Kier molecular flexibility index (Phi) is 5.86. The number of benzene rings is 2. The highest BCUT2D eigenvalue weighted by molar-refractivity contribution is 5.95. The summed E-state index contributed by atoms with van der Waals surface area (Å²) in [5.41, 5.74) is 4.90. The number of aryl methyl sites for hydroxylation is 1. The molecule has 29 heavy (non-hydrogen) atoms. The number of morpholine rings is 1. The second kappa shape index (κ2) is 8.88. The first-order chi connectivity index (χ1) is 14.2. The van der Waals surface area contributed by atoms with Crippen molar-refractivity contribution in [3.63, 3.8) is 0 Å². The van der Waals surface area contributed by atoms with E-state index >= 15 is 0 Å². The zero-order valence-electron chi connectivity index (χ0n) is 16.6. The Bertz CT molecular complexity index is 979. The van der Waals surface area contributed by atoms with E-state index in [0.29, 0.717) is 12.1 Å². The minimum Gasteiger partial charge on any atom is -0.378 e. The zero-order chi connectivity index (χ0) is 20.1. The van der Waals surface area contributed by atoms with Gasteiger partial charge in [-0.25, -0.2) is 4.98 Å². The van der Waals surface area contributed by atoms with Gasteiger partial charge in [0.05, 0.1) is 13.2 Å². The molecule has 0 unspecified atom stereocenters. The molecule has 148 valence electrons. The Morgan fingerprint density at radius 1 is 1.03 bits per heavy atom. The van der Waals surface area contributed by atoms with Gasteiger partial charge in [0.15, 0.2) is 0 Å². The van der Waals surface area contributed by atoms with Crippen molar-refractivity contribution in [1.29, 1.82) is 0 Å². The van der Waals surface area contributed by atoms with Gasteiger partial charge in [-0.3, -0.25) is 4.79 Å². The quantitative estimate of drug-likeness (QED) is 0.723. The normalized spacial score (nSPS) is 13.9. The van der Waals surface area contributed by atoms with E-state index in [2.05, 4.69) is 27.3 Å². The lowest BCUT2D eigenvalue weighted by Crippen LogP contribution is -2.36. The number of anilines is 1. The van der Waals surface area contributed by atoms with E-state index in [1.807, 2.05) is 61.7 Å². The minimum absolute atomic E-state index is 0.0775. The van der Waals surface area contributed by atoms with Crippen LogP contribution in [-0.4, -0.2) is 37.2 Å². The first kappa shape index (κ1) is 19.2. The van der Waals surface area contributed by atoms with E-state index in [9.17, 15) is 4.79 Å². The average molecular weight is 387 g/mol. The van der Waals surface area contributed by atoms with E-state index in [1.165, 1.54) is 5.56 Å². The van der Waals surface area contributed by atoms with Gasteiger partial charge in [-0.2, -0.15) is 0 Å². The number of pyridine rings is 1. The lowest BCUT2D eigenvalue weighted by molar-refractivity contribution is 0.0951. The van der Waals surface area contributed by atoms with Crippen molar-refractivity contribution in [2.75, 3.05) is 31.2 Å². The number of rotatable bonds is 5. The fourth-order valence-electron chi connectivity index (χ4n) is 3.48. The smallest absolute Gasteiger partial charge is 0.251 e. The van der Waals surface area contributed by atoms with Gasteiger partial charge < -0.3 is 15.0 Å². The fourth-order valence-corrected chi connectivity index (χ4v) is 3.48. The van der Waals surface area contributed by atoms with Gasteiger partial charge in [-0.15, -0.1) is 0 Å². The van der Waals surface area contributed by atoms with Crippen LogP contribution in [0.15, 0.2) is 66.9 Å². The van der Waals surface area contributed by atoms with Crippen molar-refractivity contribution < 1.29 is 9.53 Å². The Labute approximate surface area is 171 Å². The van der Waals surface area contributed by atoms with E-state index in [-0.39, 0.29) is 5.91 Å². The predicted octanol–water partition coefficient (Wildman–Crippen LogP) is 3.82. The van der Waals surface area contributed by atoms with Crippen molar-refractivity contribution in [2.45, 2.75) is 13.5 Å². The Morgan fingerprint density at radius 2 is 1.86 bits per heavy atom. The molecule has 1 aliphatic rings. The molecule has 4 rings (SSSR count).